The molecule has 2 rings (SSSR count). The van der Waals surface area contributed by atoms with E-state index in [4.69, 9.17) is 0 Å². The first-order chi connectivity index (χ1) is 9.96. The molecular weight excluding hydrogens is 313 g/mol. The second kappa shape index (κ2) is 6.48. The molecule has 114 valence electrons. The second-order valence-corrected chi connectivity index (χ2v) is 7.93. The van der Waals surface area contributed by atoms with Crippen LogP contribution in [0.25, 0.3) is 0 Å². The molecule has 1 atom stereocenters. The van der Waals surface area contributed by atoms with Gasteiger partial charge in [0.25, 0.3) is 0 Å². The lowest BCUT2D eigenvalue weighted by Crippen LogP contribution is -2.12. The molecule has 1 N–H and O–H groups in total. The molecule has 8 heteroatoms. The van der Waals surface area contributed by atoms with Crippen LogP contribution >= 0.6 is 11.3 Å². The fourth-order valence-electron chi connectivity index (χ4n) is 1.75. The van der Waals surface area contributed by atoms with Gasteiger partial charge in [-0.3, -0.25) is 0 Å². The van der Waals surface area contributed by atoms with E-state index >= 15 is 0 Å². The lowest BCUT2D eigenvalue weighted by atomic mass is 10.1. The molecule has 1 aromatic heterocycles. The first-order valence-electron chi connectivity index (χ1n) is 6.52. The number of hydrogen-bond donors (Lipinski definition) is 1. The van der Waals surface area contributed by atoms with Crippen LogP contribution < -0.4 is 5.32 Å². The highest BCUT2D eigenvalue weighted by Gasteiger charge is 2.30. The normalized spacial score (nSPS) is 13.1. The zero-order valence-electron chi connectivity index (χ0n) is 11.7. The molecule has 0 saturated heterocycles. The van der Waals surface area contributed by atoms with E-state index in [2.05, 4.69) is 15.5 Å². The van der Waals surface area contributed by atoms with Crippen LogP contribution in [0.1, 0.15) is 31.1 Å². The van der Waals surface area contributed by atoms with Gasteiger partial charge in [-0.1, -0.05) is 36.5 Å². The van der Waals surface area contributed by atoms with E-state index < -0.39 is 20.9 Å². The van der Waals surface area contributed by atoms with Gasteiger partial charge in [0.1, 0.15) is 5.82 Å². The largest absolute Gasteiger partial charge is 0.360 e. The predicted molar refractivity (Wildman–Crippen MR) is 80.7 cm³/mol. The Kier molecular flexibility index (Phi) is 4.89. The van der Waals surface area contributed by atoms with Crippen molar-refractivity contribution in [3.8, 4) is 0 Å². The Morgan fingerprint density at radius 2 is 2.05 bits per heavy atom. The standard InChI is InChI=1S/C13H16FN3O2S2/c1-3-8-15-12-16-17-13(20-12)21(18,19)9(2)10-6-4-5-7-11(10)14/h4-7,9H,3,8H2,1-2H3,(H,15,16). The number of aromatic nitrogens is 2. The summed E-state index contributed by atoms with van der Waals surface area (Å²) in [6.07, 6.45) is 0.896. The van der Waals surface area contributed by atoms with Crippen molar-refractivity contribution in [1.29, 1.82) is 0 Å². The molecule has 1 heterocycles. The summed E-state index contributed by atoms with van der Waals surface area (Å²) in [4.78, 5) is 0. The molecule has 0 aliphatic rings. The minimum atomic E-state index is -3.75. The highest BCUT2D eigenvalue weighted by Crippen LogP contribution is 2.32. The van der Waals surface area contributed by atoms with Crippen LogP contribution in [0.2, 0.25) is 0 Å². The van der Waals surface area contributed by atoms with E-state index in [1.807, 2.05) is 6.92 Å². The smallest absolute Gasteiger partial charge is 0.234 e. The van der Waals surface area contributed by atoms with Crippen LogP contribution in [0.15, 0.2) is 28.6 Å². The van der Waals surface area contributed by atoms with Crippen molar-refractivity contribution in [3.05, 3.63) is 35.6 Å². The molecule has 1 unspecified atom stereocenters. The molecule has 21 heavy (non-hydrogen) atoms. The van der Waals surface area contributed by atoms with Gasteiger partial charge in [0.05, 0.1) is 5.25 Å². The van der Waals surface area contributed by atoms with Crippen molar-refractivity contribution in [3.63, 3.8) is 0 Å². The molecule has 2 aromatic rings. The topological polar surface area (TPSA) is 72.0 Å². The Morgan fingerprint density at radius 3 is 2.71 bits per heavy atom. The number of sulfone groups is 1. The van der Waals surface area contributed by atoms with E-state index in [0.717, 1.165) is 17.8 Å². The Hall–Kier alpha value is -1.54. The maximum atomic E-state index is 13.7. The lowest BCUT2D eigenvalue weighted by Gasteiger charge is -2.11. The number of benzene rings is 1. The molecule has 0 bridgehead atoms. The molecule has 0 fully saturated rings. The molecule has 0 saturated carbocycles. The zero-order chi connectivity index (χ0) is 15.5. The Bertz CT molecular complexity index is 716. The van der Waals surface area contributed by atoms with Crippen molar-refractivity contribution in [2.45, 2.75) is 29.9 Å². The number of nitrogens with zero attached hydrogens (tertiary/aromatic N) is 2. The van der Waals surface area contributed by atoms with E-state index in [0.29, 0.717) is 11.7 Å². The third-order valence-electron chi connectivity index (χ3n) is 2.98. The number of rotatable bonds is 6. The van der Waals surface area contributed by atoms with Crippen LogP contribution in [-0.4, -0.2) is 25.2 Å². The van der Waals surface area contributed by atoms with Gasteiger partial charge in [-0.2, -0.15) is 0 Å². The van der Waals surface area contributed by atoms with Gasteiger partial charge in [-0.15, -0.1) is 10.2 Å². The maximum absolute atomic E-state index is 13.7. The Balaban J connectivity index is 2.29. The van der Waals surface area contributed by atoms with Gasteiger partial charge < -0.3 is 5.32 Å². The Morgan fingerprint density at radius 1 is 1.33 bits per heavy atom. The molecule has 0 aliphatic carbocycles. The third-order valence-corrected chi connectivity index (χ3v) is 6.36. The minimum Gasteiger partial charge on any atom is -0.360 e. The first kappa shape index (κ1) is 15.8. The summed E-state index contributed by atoms with van der Waals surface area (Å²) in [6, 6.07) is 5.85. The molecule has 0 radical (unpaired) electrons. The number of hydrogen-bond acceptors (Lipinski definition) is 6. The fourth-order valence-corrected chi connectivity index (χ4v) is 4.37. The van der Waals surface area contributed by atoms with E-state index in [1.165, 1.54) is 25.1 Å². The Labute approximate surface area is 127 Å². The quantitative estimate of drug-likeness (QED) is 0.882. The van der Waals surface area contributed by atoms with Gasteiger partial charge in [0, 0.05) is 12.1 Å². The van der Waals surface area contributed by atoms with Crippen LogP contribution in [-0.2, 0) is 9.84 Å². The van der Waals surface area contributed by atoms with Crippen LogP contribution in [0, 0.1) is 5.82 Å². The summed E-state index contributed by atoms with van der Waals surface area (Å²) >= 11 is 0.965. The summed E-state index contributed by atoms with van der Waals surface area (Å²) in [5, 5.41) is 9.95. The van der Waals surface area contributed by atoms with E-state index in [9.17, 15) is 12.8 Å². The summed E-state index contributed by atoms with van der Waals surface area (Å²) < 4.78 is 38.6. The number of halogens is 1. The van der Waals surface area contributed by atoms with Gasteiger partial charge in [0.15, 0.2) is 0 Å². The average molecular weight is 329 g/mol. The first-order valence-corrected chi connectivity index (χ1v) is 8.88. The van der Waals surface area contributed by atoms with Gasteiger partial charge in [-0.05, 0) is 19.4 Å². The van der Waals surface area contributed by atoms with Crippen molar-refractivity contribution in [2.75, 3.05) is 11.9 Å². The maximum Gasteiger partial charge on any atom is 0.234 e. The highest BCUT2D eigenvalue weighted by molar-refractivity contribution is 7.93. The van der Waals surface area contributed by atoms with Crippen molar-refractivity contribution in [1.82, 2.24) is 10.2 Å². The third kappa shape index (κ3) is 3.38. The monoisotopic (exact) mass is 329 g/mol. The number of anilines is 1. The number of nitrogens with one attached hydrogen (secondary N) is 1. The van der Waals surface area contributed by atoms with E-state index in [-0.39, 0.29) is 9.90 Å². The van der Waals surface area contributed by atoms with Gasteiger partial charge in [0.2, 0.25) is 19.3 Å². The summed E-state index contributed by atoms with van der Waals surface area (Å²) in [5.41, 5.74) is 0.135. The van der Waals surface area contributed by atoms with Crippen LogP contribution in [0.3, 0.4) is 0 Å². The van der Waals surface area contributed by atoms with Crippen molar-refractivity contribution < 1.29 is 12.8 Å². The highest BCUT2D eigenvalue weighted by atomic mass is 32.2. The van der Waals surface area contributed by atoms with Crippen LogP contribution in [0.5, 0.6) is 0 Å². The minimum absolute atomic E-state index is 0.100. The fraction of sp³-hybridized carbons (Fsp3) is 0.385. The average Bonchev–Trinajstić information content (AvgIpc) is 2.94. The molecule has 0 aliphatic heterocycles. The lowest BCUT2D eigenvalue weighted by molar-refractivity contribution is 0.572. The molecule has 0 spiro atoms. The molecule has 5 nitrogen and oxygen atoms in total. The van der Waals surface area contributed by atoms with Gasteiger partial charge in [-0.25, -0.2) is 12.8 Å². The molecular formula is C13H16FN3O2S2. The molecule has 0 amide bonds. The second-order valence-electron chi connectivity index (χ2n) is 4.51. The van der Waals surface area contributed by atoms with Crippen LogP contribution in [0.4, 0.5) is 9.52 Å². The summed E-state index contributed by atoms with van der Waals surface area (Å²) in [5.74, 6) is -0.539. The zero-order valence-corrected chi connectivity index (χ0v) is 13.3. The van der Waals surface area contributed by atoms with E-state index in [1.54, 1.807) is 6.07 Å². The summed E-state index contributed by atoms with van der Waals surface area (Å²) in [6.45, 7) is 4.14. The SMILES string of the molecule is CCCNc1nnc(S(=O)(=O)C(C)c2ccccc2F)s1. The predicted octanol–water partition coefficient (Wildman–Crippen LogP) is 3.03. The van der Waals surface area contributed by atoms with Crippen molar-refractivity contribution in [2.24, 2.45) is 0 Å². The van der Waals surface area contributed by atoms with Gasteiger partial charge >= 0.3 is 0 Å². The van der Waals surface area contributed by atoms with Crippen molar-refractivity contribution >= 4 is 26.3 Å². The molecule has 1 aromatic carbocycles. The summed E-state index contributed by atoms with van der Waals surface area (Å²) in [7, 11) is -3.75.